The van der Waals surface area contributed by atoms with Gasteiger partial charge in [-0.1, -0.05) is 26.0 Å². The molecule has 0 aliphatic heterocycles. The van der Waals surface area contributed by atoms with Gasteiger partial charge in [-0.3, -0.25) is 4.79 Å². The largest absolute Gasteiger partial charge is 0.469 e. The smallest absolute Gasteiger partial charge is 0.416 e. The number of benzene rings is 1. The summed E-state index contributed by atoms with van der Waals surface area (Å²) in [5, 5.41) is 13.1. The van der Waals surface area contributed by atoms with E-state index in [2.05, 4.69) is 15.0 Å². The molecule has 0 unspecified atom stereocenters. The number of hydrogen-bond donors (Lipinski definition) is 2. The van der Waals surface area contributed by atoms with Crippen LogP contribution in [0.2, 0.25) is 0 Å². The molecule has 2 heterocycles. The Hall–Kier alpha value is -3.40. The molecule has 2 aromatic heterocycles. The van der Waals surface area contributed by atoms with E-state index in [0.717, 1.165) is 23.5 Å². The van der Waals surface area contributed by atoms with E-state index in [1.807, 2.05) is 24.5 Å². The van der Waals surface area contributed by atoms with Gasteiger partial charge in [0.15, 0.2) is 0 Å². The number of aliphatic hydroxyl groups excluding tert-OH is 1. The second kappa shape index (κ2) is 12.2. The molecule has 0 aliphatic carbocycles. The first kappa shape index (κ1) is 28.2. The van der Waals surface area contributed by atoms with Gasteiger partial charge in [-0.05, 0) is 43.5 Å². The lowest BCUT2D eigenvalue weighted by Crippen LogP contribution is -2.15. The van der Waals surface area contributed by atoms with Gasteiger partial charge in [0.25, 0.3) is 0 Å². The number of aliphatic hydroxyl groups is 1. The van der Waals surface area contributed by atoms with Crippen molar-refractivity contribution < 1.29 is 27.8 Å². The van der Waals surface area contributed by atoms with Gasteiger partial charge in [-0.15, -0.1) is 0 Å². The number of rotatable bonds is 11. The summed E-state index contributed by atoms with van der Waals surface area (Å²) in [5.74, 6) is 0.904. The molecule has 2 N–H and O–H groups in total. The highest BCUT2D eigenvalue weighted by atomic mass is 19.4. The van der Waals surface area contributed by atoms with Crippen LogP contribution in [-0.2, 0) is 22.3 Å². The molecule has 0 radical (unpaired) electrons. The number of carbonyl (C=O) groups is 1. The van der Waals surface area contributed by atoms with Crippen LogP contribution in [0.1, 0.15) is 56.8 Å². The molecule has 3 rings (SSSR count). The van der Waals surface area contributed by atoms with E-state index in [4.69, 9.17) is 4.98 Å². The maximum absolute atomic E-state index is 13.6. The third kappa shape index (κ3) is 7.09. The lowest BCUT2D eigenvalue weighted by molar-refractivity contribution is -0.143. The van der Waals surface area contributed by atoms with E-state index < -0.39 is 23.8 Å². The Labute approximate surface area is 214 Å². The minimum absolute atomic E-state index is 0.00817. The van der Waals surface area contributed by atoms with Gasteiger partial charge in [-0.2, -0.15) is 13.2 Å². The van der Waals surface area contributed by atoms with Crippen molar-refractivity contribution in [3.05, 3.63) is 54.0 Å². The number of aromatic nitrogens is 3. The number of anilines is 1. The molecule has 0 saturated heterocycles. The SMILES string of the molecule is CNc1cc(-c2nc(C(C)C)n(CCCC[C@@H](O)CC(=O)OC)c2-c2cccc(C(F)(F)F)c2)ccn1. The Morgan fingerprint density at radius 1 is 1.16 bits per heavy atom. The summed E-state index contributed by atoms with van der Waals surface area (Å²) in [6.07, 6.45) is -2.07. The van der Waals surface area contributed by atoms with E-state index >= 15 is 0 Å². The summed E-state index contributed by atoms with van der Waals surface area (Å²) in [6, 6.07) is 8.89. The number of carbonyl (C=O) groups excluding carboxylic acids is 1. The molecule has 3 aromatic rings. The molecular formula is C27H33F3N4O3. The molecular weight excluding hydrogens is 485 g/mol. The monoisotopic (exact) mass is 518 g/mol. The quantitative estimate of drug-likeness (QED) is 0.243. The van der Waals surface area contributed by atoms with E-state index in [-0.39, 0.29) is 12.3 Å². The number of halogens is 3. The Kier molecular flexibility index (Phi) is 9.31. The van der Waals surface area contributed by atoms with Crippen LogP contribution in [-0.4, -0.2) is 45.9 Å². The number of ether oxygens (including phenoxy) is 1. The van der Waals surface area contributed by atoms with Gasteiger partial charge in [0.05, 0.1) is 36.6 Å². The van der Waals surface area contributed by atoms with Crippen molar-refractivity contribution in [2.75, 3.05) is 19.5 Å². The Bertz CT molecular complexity index is 1210. The maximum atomic E-state index is 13.6. The molecule has 0 bridgehead atoms. The van der Waals surface area contributed by atoms with Crippen molar-refractivity contribution in [3.63, 3.8) is 0 Å². The number of pyridine rings is 1. The molecule has 0 saturated carbocycles. The van der Waals surface area contributed by atoms with Crippen molar-refractivity contribution in [2.24, 2.45) is 0 Å². The minimum atomic E-state index is -4.48. The van der Waals surface area contributed by atoms with Gasteiger partial charge in [0, 0.05) is 36.8 Å². The normalized spacial score (nSPS) is 12.6. The van der Waals surface area contributed by atoms with Gasteiger partial charge in [-0.25, -0.2) is 9.97 Å². The molecule has 7 nitrogen and oxygen atoms in total. The highest BCUT2D eigenvalue weighted by Gasteiger charge is 2.31. The zero-order chi connectivity index (χ0) is 27.2. The fourth-order valence-corrected chi connectivity index (χ4v) is 4.22. The number of hydrogen-bond acceptors (Lipinski definition) is 6. The number of esters is 1. The van der Waals surface area contributed by atoms with E-state index in [0.29, 0.717) is 48.6 Å². The highest BCUT2D eigenvalue weighted by molar-refractivity contribution is 5.80. The first-order chi connectivity index (χ1) is 17.5. The minimum Gasteiger partial charge on any atom is -0.469 e. The first-order valence-corrected chi connectivity index (χ1v) is 12.2. The number of unbranched alkanes of at least 4 members (excludes halogenated alkanes) is 1. The van der Waals surface area contributed by atoms with E-state index in [1.165, 1.54) is 13.2 Å². The van der Waals surface area contributed by atoms with E-state index in [9.17, 15) is 23.1 Å². The zero-order valence-electron chi connectivity index (χ0n) is 21.5. The van der Waals surface area contributed by atoms with Crippen LogP contribution in [0.15, 0.2) is 42.6 Å². The van der Waals surface area contributed by atoms with Crippen LogP contribution in [0.3, 0.4) is 0 Å². The van der Waals surface area contributed by atoms with Crippen molar-refractivity contribution in [1.82, 2.24) is 14.5 Å². The molecule has 1 atom stereocenters. The first-order valence-electron chi connectivity index (χ1n) is 12.2. The molecule has 0 spiro atoms. The Morgan fingerprint density at radius 3 is 2.57 bits per heavy atom. The van der Waals surface area contributed by atoms with Gasteiger partial charge in [0.2, 0.25) is 0 Å². The number of methoxy groups -OCH3 is 1. The fraction of sp³-hybridized carbons (Fsp3) is 0.444. The standard InChI is InChI=1S/C27H33F3N4O3/c1-17(2)26-33-24(18-11-12-32-22(15-18)31-3)25(19-8-7-9-20(14-19)27(28,29)30)34(26)13-6-5-10-21(35)16-23(36)37-4/h7-9,11-12,14-15,17,21,35H,5-6,10,13,16H2,1-4H3,(H,31,32)/t21-/m1/s1. The van der Waals surface area contributed by atoms with Crippen LogP contribution in [0.4, 0.5) is 19.0 Å². The lowest BCUT2D eigenvalue weighted by atomic mass is 10.0. The van der Waals surface area contributed by atoms with Gasteiger partial charge >= 0.3 is 12.1 Å². The predicted molar refractivity (Wildman–Crippen MR) is 136 cm³/mol. The summed E-state index contributed by atoms with van der Waals surface area (Å²) in [5.41, 5.74) is 1.59. The number of alkyl halides is 3. The van der Waals surface area contributed by atoms with Crippen LogP contribution < -0.4 is 5.32 Å². The second-order valence-electron chi connectivity index (χ2n) is 9.16. The van der Waals surface area contributed by atoms with Gasteiger partial charge < -0.3 is 19.7 Å². The number of nitrogens with one attached hydrogen (secondary N) is 1. The third-order valence-electron chi connectivity index (χ3n) is 6.07. The molecule has 0 aliphatic rings. The Morgan fingerprint density at radius 2 is 1.92 bits per heavy atom. The van der Waals surface area contributed by atoms with Crippen LogP contribution in [0.5, 0.6) is 0 Å². The van der Waals surface area contributed by atoms with Crippen LogP contribution in [0.25, 0.3) is 22.5 Å². The average Bonchev–Trinajstić information content (AvgIpc) is 3.26. The fourth-order valence-electron chi connectivity index (χ4n) is 4.22. The van der Waals surface area contributed by atoms with E-state index in [1.54, 1.807) is 25.4 Å². The second-order valence-corrected chi connectivity index (χ2v) is 9.16. The zero-order valence-corrected chi connectivity index (χ0v) is 21.5. The third-order valence-corrected chi connectivity index (χ3v) is 6.07. The van der Waals surface area contributed by atoms with Crippen molar-refractivity contribution in [1.29, 1.82) is 0 Å². The summed E-state index contributed by atoms with van der Waals surface area (Å²) in [7, 11) is 3.02. The van der Waals surface area contributed by atoms with Crippen molar-refractivity contribution in [3.8, 4) is 22.5 Å². The van der Waals surface area contributed by atoms with Crippen molar-refractivity contribution >= 4 is 11.8 Å². The maximum Gasteiger partial charge on any atom is 0.416 e. The van der Waals surface area contributed by atoms with Crippen LogP contribution in [0, 0.1) is 0 Å². The topological polar surface area (TPSA) is 89.3 Å². The summed E-state index contributed by atoms with van der Waals surface area (Å²) in [6.45, 7) is 4.47. The molecule has 0 amide bonds. The lowest BCUT2D eigenvalue weighted by Gasteiger charge is -2.16. The highest BCUT2D eigenvalue weighted by Crippen LogP contribution is 2.38. The van der Waals surface area contributed by atoms with Crippen LogP contribution >= 0.6 is 0 Å². The average molecular weight is 519 g/mol. The summed E-state index contributed by atoms with van der Waals surface area (Å²) < 4.78 is 47.3. The summed E-state index contributed by atoms with van der Waals surface area (Å²) in [4.78, 5) is 20.5. The molecule has 37 heavy (non-hydrogen) atoms. The molecule has 10 heteroatoms. The summed E-state index contributed by atoms with van der Waals surface area (Å²) >= 11 is 0. The number of nitrogens with zero attached hydrogens (tertiary/aromatic N) is 3. The molecule has 200 valence electrons. The molecule has 0 fully saturated rings. The number of imidazole rings is 1. The van der Waals surface area contributed by atoms with Gasteiger partial charge in [0.1, 0.15) is 11.6 Å². The van der Waals surface area contributed by atoms with Crippen molar-refractivity contribution in [2.45, 2.75) is 64.3 Å². The Balaban J connectivity index is 2.04. The predicted octanol–water partition coefficient (Wildman–Crippen LogP) is 5.89. The molecule has 1 aromatic carbocycles.